The van der Waals surface area contributed by atoms with Crippen LogP contribution in [0.15, 0.2) is 12.1 Å². The molecule has 0 fully saturated rings. The number of nitrogens with one attached hydrogen (secondary N) is 1. The molecule has 3 N–H and O–H groups in total. The van der Waals surface area contributed by atoms with E-state index in [1.165, 1.54) is 14.1 Å². The van der Waals surface area contributed by atoms with Gasteiger partial charge in [0.05, 0.1) is 5.69 Å². The molecule has 0 aromatic heterocycles. The first-order valence-electron chi connectivity index (χ1n) is 4.81. The van der Waals surface area contributed by atoms with E-state index in [0.717, 1.165) is 15.4 Å². The predicted molar refractivity (Wildman–Crippen MR) is 66.6 cm³/mol. The molecule has 16 heavy (non-hydrogen) atoms. The Labute approximate surface area is 96.4 Å². The highest BCUT2D eigenvalue weighted by Gasteiger charge is 2.16. The highest BCUT2D eigenvalue weighted by atomic mass is 32.2. The highest BCUT2D eigenvalue weighted by Crippen LogP contribution is 2.26. The van der Waals surface area contributed by atoms with E-state index in [0.29, 0.717) is 11.4 Å². The number of anilines is 2. The third kappa shape index (κ3) is 2.45. The van der Waals surface area contributed by atoms with Crippen LogP contribution < -0.4 is 10.5 Å². The molecule has 0 unspecified atom stereocenters. The molecule has 0 radical (unpaired) electrons. The zero-order valence-corrected chi connectivity index (χ0v) is 10.7. The van der Waals surface area contributed by atoms with E-state index in [2.05, 4.69) is 4.72 Å². The second kappa shape index (κ2) is 4.31. The molecule has 0 saturated heterocycles. The van der Waals surface area contributed by atoms with Crippen LogP contribution in [-0.4, -0.2) is 26.8 Å². The van der Waals surface area contributed by atoms with Crippen LogP contribution >= 0.6 is 0 Å². The van der Waals surface area contributed by atoms with Gasteiger partial charge in [-0.15, -0.1) is 0 Å². The van der Waals surface area contributed by atoms with Crippen molar-refractivity contribution in [2.45, 2.75) is 13.8 Å². The maximum absolute atomic E-state index is 11.7. The van der Waals surface area contributed by atoms with E-state index in [1.54, 1.807) is 19.1 Å². The Kier molecular flexibility index (Phi) is 3.44. The zero-order valence-electron chi connectivity index (χ0n) is 9.90. The number of nitrogens with zero attached hydrogens (tertiary/aromatic N) is 1. The topological polar surface area (TPSA) is 75.4 Å². The summed E-state index contributed by atoms with van der Waals surface area (Å²) in [6.07, 6.45) is 0. The summed E-state index contributed by atoms with van der Waals surface area (Å²) < 4.78 is 27.0. The van der Waals surface area contributed by atoms with E-state index in [4.69, 9.17) is 5.73 Å². The lowest BCUT2D eigenvalue weighted by atomic mass is 10.1. The standard InChI is InChI=1S/C10H17N3O2S/c1-7-5-6-9(11)8(2)10(7)12-16(14,15)13(3)4/h5-6,12H,11H2,1-4H3. The second-order valence-electron chi connectivity index (χ2n) is 3.86. The van der Waals surface area contributed by atoms with E-state index in [-0.39, 0.29) is 0 Å². The monoisotopic (exact) mass is 243 g/mol. The molecule has 1 aromatic carbocycles. The van der Waals surface area contributed by atoms with Crippen molar-refractivity contribution in [3.8, 4) is 0 Å². The number of rotatable bonds is 3. The summed E-state index contributed by atoms with van der Waals surface area (Å²) in [7, 11) is -0.542. The van der Waals surface area contributed by atoms with Gasteiger partial charge in [-0.1, -0.05) is 6.07 Å². The van der Waals surface area contributed by atoms with Gasteiger partial charge in [-0.25, -0.2) is 0 Å². The maximum Gasteiger partial charge on any atom is 0.301 e. The largest absolute Gasteiger partial charge is 0.398 e. The fourth-order valence-corrected chi connectivity index (χ4v) is 2.00. The molecule has 5 nitrogen and oxygen atoms in total. The molecule has 0 spiro atoms. The Hall–Kier alpha value is -1.27. The molecule has 6 heteroatoms. The highest BCUT2D eigenvalue weighted by molar-refractivity contribution is 7.90. The molecule has 1 aromatic rings. The minimum Gasteiger partial charge on any atom is -0.398 e. The van der Waals surface area contributed by atoms with Crippen LogP contribution in [-0.2, 0) is 10.2 Å². The number of benzene rings is 1. The van der Waals surface area contributed by atoms with Crippen molar-refractivity contribution in [2.24, 2.45) is 0 Å². The quantitative estimate of drug-likeness (QED) is 0.781. The van der Waals surface area contributed by atoms with Gasteiger partial charge in [-0.05, 0) is 31.0 Å². The molecule has 0 atom stereocenters. The van der Waals surface area contributed by atoms with Crippen LogP contribution in [0.4, 0.5) is 11.4 Å². The lowest BCUT2D eigenvalue weighted by Gasteiger charge is -2.17. The first kappa shape index (κ1) is 12.8. The third-order valence-electron chi connectivity index (χ3n) is 2.43. The Balaban J connectivity index is 3.21. The molecule has 0 aliphatic heterocycles. The van der Waals surface area contributed by atoms with Gasteiger partial charge in [0.1, 0.15) is 0 Å². The maximum atomic E-state index is 11.7. The van der Waals surface area contributed by atoms with Gasteiger partial charge in [0, 0.05) is 19.8 Å². The molecule has 0 aliphatic rings. The molecule has 90 valence electrons. The van der Waals surface area contributed by atoms with Crippen molar-refractivity contribution in [3.63, 3.8) is 0 Å². The van der Waals surface area contributed by atoms with Crippen molar-refractivity contribution in [3.05, 3.63) is 23.3 Å². The Bertz CT molecular complexity index is 495. The summed E-state index contributed by atoms with van der Waals surface area (Å²) in [5, 5.41) is 0. The van der Waals surface area contributed by atoms with Crippen LogP contribution in [0.3, 0.4) is 0 Å². The number of nitrogens with two attached hydrogens (primary N) is 1. The zero-order chi connectivity index (χ0) is 12.5. The van der Waals surface area contributed by atoms with Crippen molar-refractivity contribution in [2.75, 3.05) is 24.6 Å². The second-order valence-corrected chi connectivity index (χ2v) is 5.75. The molecule has 0 saturated carbocycles. The summed E-state index contributed by atoms with van der Waals surface area (Å²) in [5.74, 6) is 0. The third-order valence-corrected chi connectivity index (χ3v) is 3.85. The fourth-order valence-electron chi connectivity index (χ4n) is 1.24. The van der Waals surface area contributed by atoms with Crippen LogP contribution in [0.25, 0.3) is 0 Å². The molecule has 0 bridgehead atoms. The van der Waals surface area contributed by atoms with Gasteiger partial charge in [-0.3, -0.25) is 4.72 Å². The van der Waals surface area contributed by atoms with Gasteiger partial charge in [0.25, 0.3) is 0 Å². The molecule has 0 heterocycles. The molecular weight excluding hydrogens is 226 g/mol. The smallest absolute Gasteiger partial charge is 0.301 e. The van der Waals surface area contributed by atoms with Crippen molar-refractivity contribution < 1.29 is 8.42 Å². The van der Waals surface area contributed by atoms with Crippen LogP contribution in [0, 0.1) is 13.8 Å². The van der Waals surface area contributed by atoms with Crippen molar-refractivity contribution in [1.29, 1.82) is 0 Å². The van der Waals surface area contributed by atoms with Gasteiger partial charge in [0.2, 0.25) is 0 Å². The Morgan fingerprint density at radius 2 is 1.81 bits per heavy atom. The van der Waals surface area contributed by atoms with E-state index in [9.17, 15) is 8.42 Å². The van der Waals surface area contributed by atoms with Crippen LogP contribution in [0.5, 0.6) is 0 Å². The summed E-state index contributed by atoms with van der Waals surface area (Å²) in [5.41, 5.74) is 8.44. The minimum absolute atomic E-state index is 0.550. The van der Waals surface area contributed by atoms with Crippen molar-refractivity contribution >= 4 is 21.6 Å². The number of nitrogen functional groups attached to an aromatic ring is 1. The number of hydrogen-bond donors (Lipinski definition) is 2. The number of aryl methyl sites for hydroxylation is 1. The first-order chi connectivity index (χ1) is 7.25. The first-order valence-corrected chi connectivity index (χ1v) is 6.25. The summed E-state index contributed by atoms with van der Waals surface area (Å²) in [4.78, 5) is 0. The van der Waals surface area contributed by atoms with Crippen LogP contribution in [0.2, 0.25) is 0 Å². The van der Waals surface area contributed by atoms with E-state index in [1.807, 2.05) is 6.92 Å². The average Bonchev–Trinajstić information content (AvgIpc) is 2.18. The number of hydrogen-bond acceptors (Lipinski definition) is 3. The summed E-state index contributed by atoms with van der Waals surface area (Å²) >= 11 is 0. The molecule has 0 amide bonds. The Morgan fingerprint density at radius 1 is 1.25 bits per heavy atom. The minimum atomic E-state index is -3.49. The molecule has 1 rings (SSSR count). The molecule has 0 aliphatic carbocycles. The van der Waals surface area contributed by atoms with Gasteiger partial charge in [0.15, 0.2) is 0 Å². The fraction of sp³-hybridized carbons (Fsp3) is 0.400. The van der Waals surface area contributed by atoms with Crippen LogP contribution in [0.1, 0.15) is 11.1 Å². The SMILES string of the molecule is Cc1ccc(N)c(C)c1NS(=O)(=O)N(C)C. The predicted octanol–water partition coefficient (Wildman–Crippen LogP) is 1.10. The molecular formula is C10H17N3O2S. The van der Waals surface area contributed by atoms with Gasteiger partial charge < -0.3 is 5.73 Å². The van der Waals surface area contributed by atoms with E-state index >= 15 is 0 Å². The van der Waals surface area contributed by atoms with E-state index < -0.39 is 10.2 Å². The normalized spacial score (nSPS) is 11.8. The lowest BCUT2D eigenvalue weighted by Crippen LogP contribution is -2.29. The van der Waals surface area contributed by atoms with Crippen molar-refractivity contribution in [1.82, 2.24) is 4.31 Å². The van der Waals surface area contributed by atoms with Gasteiger partial charge >= 0.3 is 10.2 Å². The lowest BCUT2D eigenvalue weighted by molar-refractivity contribution is 0.526. The van der Waals surface area contributed by atoms with Gasteiger partial charge in [-0.2, -0.15) is 12.7 Å². The Morgan fingerprint density at radius 3 is 2.31 bits per heavy atom. The average molecular weight is 243 g/mol. The summed E-state index contributed by atoms with van der Waals surface area (Å²) in [6, 6.07) is 3.55. The summed E-state index contributed by atoms with van der Waals surface area (Å²) in [6.45, 7) is 3.62.